The average molecular weight is 315 g/mol. The number of benzene rings is 1. The number of allylic oxidation sites excluding steroid dienone is 2. The third-order valence-electron chi connectivity index (χ3n) is 4.97. The van der Waals surface area contributed by atoms with Gasteiger partial charge < -0.3 is 19.5 Å². The lowest BCUT2D eigenvalue weighted by molar-refractivity contribution is -0.119. The van der Waals surface area contributed by atoms with Crippen molar-refractivity contribution < 1.29 is 19.0 Å². The van der Waals surface area contributed by atoms with E-state index < -0.39 is 0 Å². The van der Waals surface area contributed by atoms with Crippen molar-refractivity contribution >= 4 is 5.78 Å². The van der Waals surface area contributed by atoms with E-state index in [0.717, 1.165) is 55.0 Å². The Morgan fingerprint density at radius 3 is 2.87 bits per heavy atom. The molecule has 0 unspecified atom stereocenters. The standard InChI is InChI=1S/C18H21NO4/c1-21-16-8-12-3-2-5-19-6-4-11-7-14-15(23-10-22-14)9-13(11)17(12)18(16)20/h7-9,12,17,19H,2-6,10H2,1H3/t12-,17-/m0/s1. The van der Waals surface area contributed by atoms with Crippen molar-refractivity contribution in [2.24, 2.45) is 5.92 Å². The van der Waals surface area contributed by atoms with Gasteiger partial charge in [-0.05, 0) is 67.6 Å². The maximum Gasteiger partial charge on any atom is 0.231 e. The average Bonchev–Trinajstić information content (AvgIpc) is 3.13. The Morgan fingerprint density at radius 1 is 1.22 bits per heavy atom. The Labute approximate surface area is 135 Å². The van der Waals surface area contributed by atoms with Gasteiger partial charge in [-0.15, -0.1) is 0 Å². The van der Waals surface area contributed by atoms with Crippen LogP contribution >= 0.6 is 0 Å². The van der Waals surface area contributed by atoms with E-state index in [0.29, 0.717) is 5.76 Å². The number of ether oxygens (including phenoxy) is 3. The normalized spacial score (nSPS) is 26.3. The first kappa shape index (κ1) is 14.6. The summed E-state index contributed by atoms with van der Waals surface area (Å²) in [4.78, 5) is 12.8. The first-order valence-electron chi connectivity index (χ1n) is 8.21. The molecule has 0 spiro atoms. The van der Waals surface area contributed by atoms with Crippen LogP contribution in [0.15, 0.2) is 24.0 Å². The van der Waals surface area contributed by atoms with E-state index in [9.17, 15) is 4.79 Å². The van der Waals surface area contributed by atoms with Crippen LogP contribution in [-0.2, 0) is 16.0 Å². The largest absolute Gasteiger partial charge is 0.493 e. The van der Waals surface area contributed by atoms with Crippen LogP contribution in [0, 0.1) is 5.92 Å². The molecule has 0 fully saturated rings. The first-order chi connectivity index (χ1) is 11.3. The molecular weight excluding hydrogens is 294 g/mol. The summed E-state index contributed by atoms with van der Waals surface area (Å²) in [6.45, 7) is 2.14. The molecule has 0 amide bonds. The van der Waals surface area contributed by atoms with Crippen LogP contribution in [-0.4, -0.2) is 32.8 Å². The van der Waals surface area contributed by atoms with Gasteiger partial charge in [-0.1, -0.05) is 0 Å². The van der Waals surface area contributed by atoms with Gasteiger partial charge >= 0.3 is 0 Å². The molecule has 1 aromatic rings. The number of Topliss-reactive ketones (excluding diaryl/α,β-unsaturated/α-hetero) is 1. The van der Waals surface area contributed by atoms with Crippen LogP contribution in [0.2, 0.25) is 0 Å². The molecule has 1 aromatic carbocycles. The third kappa shape index (κ3) is 2.49. The van der Waals surface area contributed by atoms with Crippen LogP contribution in [0.4, 0.5) is 0 Å². The smallest absolute Gasteiger partial charge is 0.231 e. The van der Waals surface area contributed by atoms with E-state index in [1.165, 1.54) is 0 Å². The Morgan fingerprint density at radius 2 is 2.04 bits per heavy atom. The van der Waals surface area contributed by atoms with Gasteiger partial charge in [0.15, 0.2) is 17.3 Å². The van der Waals surface area contributed by atoms with Crippen LogP contribution in [0.3, 0.4) is 0 Å². The molecule has 23 heavy (non-hydrogen) atoms. The molecule has 0 aromatic heterocycles. The van der Waals surface area contributed by atoms with E-state index in [1.54, 1.807) is 7.11 Å². The van der Waals surface area contributed by atoms with Gasteiger partial charge in [0.1, 0.15) is 0 Å². The zero-order chi connectivity index (χ0) is 15.8. The SMILES string of the molecule is COC1=C[C@@H]2CCCNCCc3cc4c(cc3[C@H]2C1=O)OCO4. The predicted molar refractivity (Wildman–Crippen MR) is 84.7 cm³/mol. The van der Waals surface area contributed by atoms with E-state index in [4.69, 9.17) is 14.2 Å². The zero-order valence-corrected chi connectivity index (χ0v) is 13.3. The summed E-state index contributed by atoms with van der Waals surface area (Å²) in [5.41, 5.74) is 2.23. The molecule has 5 nitrogen and oxygen atoms in total. The van der Waals surface area contributed by atoms with E-state index >= 15 is 0 Å². The lowest BCUT2D eigenvalue weighted by Gasteiger charge is -2.23. The molecule has 0 radical (unpaired) electrons. The van der Waals surface area contributed by atoms with Crippen molar-refractivity contribution in [3.05, 3.63) is 35.1 Å². The second kappa shape index (κ2) is 5.89. The van der Waals surface area contributed by atoms with Gasteiger partial charge in [-0.25, -0.2) is 0 Å². The van der Waals surface area contributed by atoms with Crippen molar-refractivity contribution in [2.75, 3.05) is 27.0 Å². The van der Waals surface area contributed by atoms with Gasteiger partial charge in [0.2, 0.25) is 12.6 Å². The first-order valence-corrected chi connectivity index (χ1v) is 8.21. The highest BCUT2D eigenvalue weighted by atomic mass is 16.7. The Balaban J connectivity index is 1.80. The van der Waals surface area contributed by atoms with Crippen LogP contribution < -0.4 is 14.8 Å². The summed E-state index contributed by atoms with van der Waals surface area (Å²) in [7, 11) is 1.57. The molecule has 2 heterocycles. The molecule has 4 rings (SSSR count). The van der Waals surface area contributed by atoms with Crippen LogP contribution in [0.25, 0.3) is 0 Å². The highest BCUT2D eigenvalue weighted by Gasteiger charge is 2.39. The summed E-state index contributed by atoms with van der Waals surface area (Å²) in [5, 5.41) is 3.47. The molecule has 3 aliphatic rings. The highest BCUT2D eigenvalue weighted by molar-refractivity contribution is 6.02. The lowest BCUT2D eigenvalue weighted by atomic mass is 9.81. The number of hydrogen-bond acceptors (Lipinski definition) is 5. The molecule has 2 atom stereocenters. The van der Waals surface area contributed by atoms with Crippen molar-refractivity contribution in [1.82, 2.24) is 5.32 Å². The summed E-state index contributed by atoms with van der Waals surface area (Å²) < 4.78 is 16.3. The van der Waals surface area contributed by atoms with Gasteiger partial charge in [-0.3, -0.25) is 4.79 Å². The monoisotopic (exact) mass is 315 g/mol. The zero-order valence-electron chi connectivity index (χ0n) is 13.3. The lowest BCUT2D eigenvalue weighted by Crippen LogP contribution is -2.24. The second-order valence-electron chi connectivity index (χ2n) is 6.29. The third-order valence-corrected chi connectivity index (χ3v) is 4.97. The summed E-state index contributed by atoms with van der Waals surface area (Å²) in [6.07, 6.45) is 4.92. The summed E-state index contributed by atoms with van der Waals surface area (Å²) in [6, 6.07) is 4.04. The molecule has 1 aliphatic carbocycles. The molecule has 2 aliphatic heterocycles. The summed E-state index contributed by atoms with van der Waals surface area (Å²) >= 11 is 0. The van der Waals surface area contributed by atoms with Gasteiger partial charge in [0.05, 0.1) is 13.0 Å². The fourth-order valence-electron chi connectivity index (χ4n) is 3.83. The number of ketones is 1. The maximum absolute atomic E-state index is 12.8. The number of fused-ring (bicyclic) bond motifs is 4. The Kier molecular flexibility index (Phi) is 3.73. The minimum absolute atomic E-state index is 0.0890. The van der Waals surface area contributed by atoms with Crippen LogP contribution in [0.1, 0.15) is 29.9 Å². The molecule has 122 valence electrons. The number of hydrogen-bond donors (Lipinski definition) is 1. The maximum atomic E-state index is 12.8. The Bertz CT molecular complexity index is 667. The van der Waals surface area contributed by atoms with E-state index in [1.807, 2.05) is 18.2 Å². The molecule has 0 saturated heterocycles. The number of carbonyl (C=O) groups excluding carboxylic acids is 1. The molecule has 0 bridgehead atoms. The Hall–Kier alpha value is -2.01. The predicted octanol–water partition coefficient (Wildman–Crippen LogP) is 2.15. The number of methoxy groups -OCH3 is 1. The molecular formula is C18H21NO4. The number of nitrogens with one attached hydrogen (secondary N) is 1. The molecule has 0 saturated carbocycles. The van der Waals surface area contributed by atoms with E-state index in [-0.39, 0.29) is 24.4 Å². The van der Waals surface area contributed by atoms with Crippen molar-refractivity contribution in [3.8, 4) is 11.5 Å². The minimum Gasteiger partial charge on any atom is -0.493 e. The molecule has 5 heteroatoms. The van der Waals surface area contributed by atoms with E-state index in [2.05, 4.69) is 5.32 Å². The second-order valence-corrected chi connectivity index (χ2v) is 6.29. The minimum atomic E-state index is -0.160. The van der Waals surface area contributed by atoms with Gasteiger partial charge in [0.25, 0.3) is 0 Å². The number of rotatable bonds is 1. The number of carbonyl (C=O) groups is 1. The van der Waals surface area contributed by atoms with Gasteiger partial charge in [-0.2, -0.15) is 0 Å². The highest BCUT2D eigenvalue weighted by Crippen LogP contribution is 2.44. The fraction of sp³-hybridized carbons (Fsp3) is 0.500. The quantitative estimate of drug-likeness (QED) is 0.860. The topological polar surface area (TPSA) is 56.8 Å². The van der Waals surface area contributed by atoms with Crippen molar-refractivity contribution in [2.45, 2.75) is 25.2 Å². The van der Waals surface area contributed by atoms with Crippen molar-refractivity contribution in [1.29, 1.82) is 0 Å². The van der Waals surface area contributed by atoms with Crippen molar-refractivity contribution in [3.63, 3.8) is 0 Å². The fourth-order valence-corrected chi connectivity index (χ4v) is 3.83. The van der Waals surface area contributed by atoms with Gasteiger partial charge in [0, 0.05) is 0 Å². The summed E-state index contributed by atoms with van der Waals surface area (Å²) in [5.74, 6) is 2.14. The van der Waals surface area contributed by atoms with Crippen LogP contribution in [0.5, 0.6) is 11.5 Å². The molecule has 1 N–H and O–H groups in total.